The molecule has 0 fully saturated rings. The van der Waals surface area contributed by atoms with Crippen LogP contribution in [0, 0.1) is 22.7 Å². The van der Waals surface area contributed by atoms with Crippen molar-refractivity contribution in [2.45, 2.75) is 0 Å². The summed E-state index contributed by atoms with van der Waals surface area (Å²) in [7, 11) is 0. The highest BCUT2D eigenvalue weighted by atomic mass is 16.5. The van der Waals surface area contributed by atoms with Crippen molar-refractivity contribution in [1.82, 2.24) is 0 Å². The summed E-state index contributed by atoms with van der Waals surface area (Å²) in [6, 6.07) is 10.1. The van der Waals surface area contributed by atoms with Gasteiger partial charge in [0.2, 0.25) is 0 Å². The molecule has 0 aromatic heterocycles. The second-order valence-corrected chi connectivity index (χ2v) is 5.98. The number of aliphatic hydroxyl groups is 1. The number of ether oxygens (including phenoxy) is 1. The van der Waals surface area contributed by atoms with E-state index in [-0.39, 0.29) is 71.1 Å². The molecular formula is C20H16N4O4. The third-order valence-electron chi connectivity index (χ3n) is 4.42. The number of nitrogen functional groups attached to an aromatic ring is 1. The Hall–Kier alpha value is -3.72. The first-order chi connectivity index (χ1) is 13.6. The van der Waals surface area contributed by atoms with E-state index < -0.39 is 11.6 Å². The fourth-order valence-corrected chi connectivity index (χ4v) is 3.20. The van der Waals surface area contributed by atoms with Crippen molar-refractivity contribution in [3.63, 3.8) is 0 Å². The van der Waals surface area contributed by atoms with E-state index in [1.807, 2.05) is 12.1 Å². The molecular weight excluding hydrogens is 360 g/mol. The van der Waals surface area contributed by atoms with Crippen LogP contribution in [0.15, 0.2) is 24.3 Å². The minimum Gasteiger partial charge on any atom is -0.397 e. The third-order valence-corrected chi connectivity index (χ3v) is 4.42. The number of nitrogens with one attached hydrogen (secondary N) is 1. The van der Waals surface area contributed by atoms with Crippen molar-refractivity contribution in [2.75, 3.05) is 37.4 Å². The Morgan fingerprint density at radius 2 is 1.61 bits per heavy atom. The number of hydrogen-bond donors (Lipinski definition) is 3. The highest BCUT2D eigenvalue weighted by Gasteiger charge is 2.36. The van der Waals surface area contributed by atoms with Crippen LogP contribution < -0.4 is 11.1 Å². The summed E-state index contributed by atoms with van der Waals surface area (Å²) in [6.45, 7) is 0.383. The Labute approximate surface area is 160 Å². The smallest absolute Gasteiger partial charge is 0.196 e. The zero-order chi connectivity index (χ0) is 20.3. The van der Waals surface area contributed by atoms with E-state index in [9.17, 15) is 20.1 Å². The van der Waals surface area contributed by atoms with Crippen LogP contribution in [-0.4, -0.2) is 43.0 Å². The molecule has 2 aromatic rings. The molecule has 0 bridgehead atoms. The summed E-state index contributed by atoms with van der Waals surface area (Å²) in [5.74, 6) is -0.917. The number of anilines is 2. The van der Waals surface area contributed by atoms with Crippen LogP contribution in [0.1, 0.15) is 43.0 Å². The number of fused-ring (bicyclic) bond motifs is 2. The molecule has 8 heteroatoms. The Kier molecular flexibility index (Phi) is 5.37. The second kappa shape index (κ2) is 7.89. The van der Waals surface area contributed by atoms with Crippen LogP contribution in [0.2, 0.25) is 0 Å². The van der Waals surface area contributed by atoms with Gasteiger partial charge in [0.1, 0.15) is 12.1 Å². The number of nitriles is 2. The SMILES string of the molecule is N#Cc1c(N)c2c(c(NCCOCCO)c1C#N)C(=O)c1ccccc1C2=O. The first-order valence-electron chi connectivity index (χ1n) is 8.47. The van der Waals surface area contributed by atoms with Gasteiger partial charge in [-0.15, -0.1) is 0 Å². The van der Waals surface area contributed by atoms with E-state index in [0.29, 0.717) is 0 Å². The van der Waals surface area contributed by atoms with Gasteiger partial charge in [-0.05, 0) is 0 Å². The largest absolute Gasteiger partial charge is 0.397 e. The maximum atomic E-state index is 13.1. The van der Waals surface area contributed by atoms with E-state index in [4.69, 9.17) is 15.6 Å². The van der Waals surface area contributed by atoms with Crippen LogP contribution >= 0.6 is 0 Å². The van der Waals surface area contributed by atoms with Gasteiger partial charge in [-0.3, -0.25) is 9.59 Å². The number of aliphatic hydroxyl groups excluding tert-OH is 1. The summed E-state index contributed by atoms with van der Waals surface area (Å²) >= 11 is 0. The van der Waals surface area contributed by atoms with E-state index in [0.717, 1.165) is 0 Å². The average Bonchev–Trinajstić information content (AvgIpc) is 2.71. The first-order valence-corrected chi connectivity index (χ1v) is 8.47. The van der Waals surface area contributed by atoms with Crippen molar-refractivity contribution >= 4 is 22.9 Å². The Morgan fingerprint density at radius 3 is 2.18 bits per heavy atom. The van der Waals surface area contributed by atoms with Crippen molar-refractivity contribution in [3.8, 4) is 12.1 Å². The van der Waals surface area contributed by atoms with E-state index >= 15 is 0 Å². The first kappa shape index (κ1) is 19.1. The summed E-state index contributed by atoms with van der Waals surface area (Å²) in [5, 5.41) is 30.8. The van der Waals surface area contributed by atoms with Gasteiger partial charge in [0.25, 0.3) is 0 Å². The molecule has 1 aliphatic carbocycles. The van der Waals surface area contributed by atoms with Crippen LogP contribution in [0.4, 0.5) is 11.4 Å². The summed E-state index contributed by atoms with van der Waals surface area (Å²) in [6.07, 6.45) is 0. The van der Waals surface area contributed by atoms with Crippen molar-refractivity contribution < 1.29 is 19.4 Å². The van der Waals surface area contributed by atoms with Gasteiger partial charge < -0.3 is 20.9 Å². The van der Waals surface area contributed by atoms with Crippen molar-refractivity contribution in [1.29, 1.82) is 10.5 Å². The molecule has 140 valence electrons. The van der Waals surface area contributed by atoms with Crippen LogP contribution in [0.25, 0.3) is 0 Å². The molecule has 0 aliphatic heterocycles. The number of nitrogens with zero attached hydrogens (tertiary/aromatic N) is 2. The summed E-state index contributed by atoms with van der Waals surface area (Å²) in [5.41, 5.74) is 6.03. The highest BCUT2D eigenvalue weighted by molar-refractivity contribution is 6.32. The van der Waals surface area contributed by atoms with Gasteiger partial charge in [-0.2, -0.15) is 10.5 Å². The fourth-order valence-electron chi connectivity index (χ4n) is 3.20. The van der Waals surface area contributed by atoms with E-state index in [2.05, 4.69) is 5.32 Å². The molecule has 0 unspecified atom stereocenters. The van der Waals surface area contributed by atoms with Gasteiger partial charge in [0.05, 0.1) is 53.4 Å². The fraction of sp³-hybridized carbons (Fsp3) is 0.200. The Balaban J connectivity index is 2.19. The quantitative estimate of drug-likeness (QED) is 0.429. The molecule has 0 saturated heterocycles. The molecule has 0 amide bonds. The lowest BCUT2D eigenvalue weighted by atomic mass is 9.80. The minimum absolute atomic E-state index is 0.0149. The molecule has 3 rings (SSSR count). The predicted octanol–water partition coefficient (Wildman–Crippen LogP) is 1.21. The predicted molar refractivity (Wildman–Crippen MR) is 100.0 cm³/mol. The van der Waals surface area contributed by atoms with Crippen LogP contribution in [-0.2, 0) is 4.74 Å². The molecule has 1 aliphatic rings. The average molecular weight is 376 g/mol. The summed E-state index contributed by atoms with van der Waals surface area (Å²) < 4.78 is 5.17. The van der Waals surface area contributed by atoms with Gasteiger partial charge in [-0.25, -0.2) is 0 Å². The number of ketones is 2. The van der Waals surface area contributed by atoms with E-state index in [1.165, 1.54) is 12.1 Å². The molecule has 2 aromatic carbocycles. The van der Waals surface area contributed by atoms with Crippen molar-refractivity contribution in [2.24, 2.45) is 0 Å². The Morgan fingerprint density at radius 1 is 1.00 bits per heavy atom. The van der Waals surface area contributed by atoms with Gasteiger partial charge >= 0.3 is 0 Å². The summed E-state index contributed by atoms with van der Waals surface area (Å²) in [4.78, 5) is 26.1. The zero-order valence-electron chi connectivity index (χ0n) is 14.8. The molecule has 0 saturated carbocycles. The highest BCUT2D eigenvalue weighted by Crippen LogP contribution is 2.39. The number of hydrogen-bond acceptors (Lipinski definition) is 8. The lowest BCUT2D eigenvalue weighted by molar-refractivity contribution is 0.0978. The zero-order valence-corrected chi connectivity index (χ0v) is 14.8. The maximum absolute atomic E-state index is 13.1. The third kappa shape index (κ3) is 2.97. The monoisotopic (exact) mass is 376 g/mol. The normalized spacial score (nSPS) is 12.0. The van der Waals surface area contributed by atoms with Gasteiger partial charge in [0.15, 0.2) is 11.6 Å². The topological polar surface area (TPSA) is 149 Å². The van der Waals surface area contributed by atoms with Gasteiger partial charge in [0, 0.05) is 17.7 Å². The van der Waals surface area contributed by atoms with Crippen LogP contribution in [0.5, 0.6) is 0 Å². The second-order valence-electron chi connectivity index (χ2n) is 5.98. The number of carbonyl (C=O) groups is 2. The minimum atomic E-state index is -0.469. The number of carbonyl (C=O) groups excluding carboxylic acids is 2. The van der Waals surface area contributed by atoms with E-state index in [1.54, 1.807) is 12.1 Å². The molecule has 0 spiro atoms. The van der Waals surface area contributed by atoms with Crippen LogP contribution in [0.3, 0.4) is 0 Å². The number of rotatable bonds is 6. The molecule has 28 heavy (non-hydrogen) atoms. The number of nitrogens with two attached hydrogens (primary N) is 1. The molecule has 4 N–H and O–H groups in total. The van der Waals surface area contributed by atoms with Gasteiger partial charge in [-0.1, -0.05) is 24.3 Å². The lowest BCUT2D eigenvalue weighted by Crippen LogP contribution is -2.26. The molecule has 8 nitrogen and oxygen atoms in total. The number of benzene rings is 2. The molecule has 0 heterocycles. The maximum Gasteiger partial charge on any atom is 0.196 e. The Bertz CT molecular complexity index is 1060. The lowest BCUT2D eigenvalue weighted by Gasteiger charge is -2.24. The standard InChI is InChI=1S/C20H16N4O4/c21-9-13-14(10-22)18(24-5-7-28-8-6-25)16-15(17(13)23)19(26)11-3-1-2-4-12(11)20(16)27/h1-4,24-25H,5-8,23H2. The molecule has 0 atom stereocenters. The molecule has 0 radical (unpaired) electrons. The van der Waals surface area contributed by atoms with Crippen molar-refractivity contribution in [3.05, 3.63) is 57.6 Å².